The lowest BCUT2D eigenvalue weighted by molar-refractivity contribution is -0.132. The molecule has 4 nitrogen and oxygen atoms in total. The highest BCUT2D eigenvalue weighted by molar-refractivity contribution is 5.77. The van der Waals surface area contributed by atoms with Gasteiger partial charge in [0, 0.05) is 32.2 Å². The minimum Gasteiger partial charge on any atom is -0.379 e. The average Bonchev–Trinajstić information content (AvgIpc) is 3.28. The molecule has 2 saturated carbocycles. The summed E-state index contributed by atoms with van der Waals surface area (Å²) in [7, 11) is 3.90. The second-order valence-corrected chi connectivity index (χ2v) is 6.60. The van der Waals surface area contributed by atoms with Gasteiger partial charge in [0.25, 0.3) is 0 Å². The molecule has 0 heterocycles. The number of nitrogens with zero attached hydrogens (tertiary/aromatic N) is 1. The van der Waals surface area contributed by atoms with Gasteiger partial charge in [0.05, 0.1) is 6.61 Å². The largest absolute Gasteiger partial charge is 0.379 e. The van der Waals surface area contributed by atoms with E-state index >= 15 is 0 Å². The molecule has 0 spiro atoms. The molecule has 0 bridgehead atoms. The molecule has 2 aliphatic rings. The Labute approximate surface area is 123 Å². The number of rotatable bonds is 8. The summed E-state index contributed by atoms with van der Waals surface area (Å²) in [6.45, 7) is 2.26. The van der Waals surface area contributed by atoms with Crippen LogP contribution >= 0.6 is 0 Å². The van der Waals surface area contributed by atoms with E-state index in [1.54, 1.807) is 0 Å². The Morgan fingerprint density at radius 2 is 2.00 bits per heavy atom. The fraction of sp³-hybridized carbons (Fsp3) is 0.938. The van der Waals surface area contributed by atoms with E-state index in [1.165, 1.54) is 32.1 Å². The molecular weight excluding hydrogens is 252 g/mol. The van der Waals surface area contributed by atoms with Crippen LogP contribution in [0.4, 0.5) is 0 Å². The first-order valence-corrected chi connectivity index (χ1v) is 8.16. The molecule has 0 atom stereocenters. The zero-order valence-electron chi connectivity index (χ0n) is 13.1. The third-order valence-corrected chi connectivity index (χ3v) is 4.88. The van der Waals surface area contributed by atoms with E-state index in [1.807, 2.05) is 19.0 Å². The summed E-state index contributed by atoms with van der Waals surface area (Å²) in [6.07, 6.45) is 9.30. The predicted octanol–water partition coefficient (Wildman–Crippen LogP) is 2.18. The lowest BCUT2D eigenvalue weighted by Crippen LogP contribution is -2.48. The fourth-order valence-electron chi connectivity index (χ4n) is 3.03. The van der Waals surface area contributed by atoms with Gasteiger partial charge in [-0.15, -0.1) is 0 Å². The van der Waals surface area contributed by atoms with Gasteiger partial charge in [-0.3, -0.25) is 4.79 Å². The lowest BCUT2D eigenvalue weighted by Gasteiger charge is -2.37. The molecule has 0 aromatic heterocycles. The Bertz CT molecular complexity index is 310. The normalized spacial score (nSPS) is 21.7. The second-order valence-electron chi connectivity index (χ2n) is 6.60. The summed E-state index contributed by atoms with van der Waals surface area (Å²) in [5.74, 6) is 1.04. The van der Waals surface area contributed by atoms with E-state index in [0.717, 1.165) is 25.4 Å². The molecule has 0 aliphatic heterocycles. The standard InChI is InChI=1S/C16H30N2O2/c1-17-16(8-4-3-5-9-16)12-15(19)18(2)10-11-20-13-14-6-7-14/h14,17H,3-13H2,1-2H3. The third-order valence-electron chi connectivity index (χ3n) is 4.88. The molecule has 0 unspecified atom stereocenters. The van der Waals surface area contributed by atoms with Crippen molar-refractivity contribution in [2.45, 2.75) is 56.9 Å². The number of likely N-dealkylation sites (N-methyl/N-ethyl adjacent to an activating group) is 1. The van der Waals surface area contributed by atoms with Crippen LogP contribution < -0.4 is 5.32 Å². The van der Waals surface area contributed by atoms with Crippen molar-refractivity contribution in [3.8, 4) is 0 Å². The Hall–Kier alpha value is -0.610. The van der Waals surface area contributed by atoms with Gasteiger partial charge in [-0.05, 0) is 38.6 Å². The number of hydrogen-bond donors (Lipinski definition) is 1. The Morgan fingerprint density at radius 3 is 2.60 bits per heavy atom. The van der Waals surface area contributed by atoms with Crippen LogP contribution in [0.25, 0.3) is 0 Å². The van der Waals surface area contributed by atoms with E-state index in [9.17, 15) is 4.79 Å². The summed E-state index contributed by atoms with van der Waals surface area (Å²) in [5.41, 5.74) is 0.0401. The van der Waals surface area contributed by atoms with Crippen LogP contribution in [0.15, 0.2) is 0 Å². The zero-order chi connectivity index (χ0) is 14.4. The van der Waals surface area contributed by atoms with Gasteiger partial charge in [-0.1, -0.05) is 19.3 Å². The van der Waals surface area contributed by atoms with Crippen LogP contribution in [0, 0.1) is 5.92 Å². The SMILES string of the molecule is CNC1(CC(=O)N(C)CCOCC2CC2)CCCCC1. The van der Waals surface area contributed by atoms with Crippen molar-refractivity contribution in [3.05, 3.63) is 0 Å². The maximum atomic E-state index is 12.3. The van der Waals surface area contributed by atoms with E-state index in [4.69, 9.17) is 4.74 Å². The summed E-state index contributed by atoms with van der Waals surface area (Å²) in [5, 5.41) is 3.41. The first kappa shape index (κ1) is 15.8. The number of carbonyl (C=O) groups excluding carboxylic acids is 1. The Balaban J connectivity index is 1.68. The molecule has 0 saturated heterocycles. The number of ether oxygens (including phenoxy) is 1. The summed E-state index contributed by atoms with van der Waals surface area (Å²) < 4.78 is 5.61. The number of carbonyl (C=O) groups is 1. The summed E-state index contributed by atoms with van der Waals surface area (Å²) in [6, 6.07) is 0. The minimum atomic E-state index is 0.0401. The summed E-state index contributed by atoms with van der Waals surface area (Å²) in [4.78, 5) is 14.2. The van der Waals surface area contributed by atoms with Crippen LogP contribution in [-0.2, 0) is 9.53 Å². The van der Waals surface area contributed by atoms with Gasteiger partial charge in [-0.25, -0.2) is 0 Å². The molecule has 4 heteroatoms. The topological polar surface area (TPSA) is 41.6 Å². The van der Waals surface area contributed by atoms with Crippen LogP contribution in [0.5, 0.6) is 0 Å². The van der Waals surface area contributed by atoms with Crippen molar-refractivity contribution >= 4 is 5.91 Å². The third kappa shape index (κ3) is 4.74. The smallest absolute Gasteiger partial charge is 0.224 e. The van der Waals surface area contributed by atoms with Gasteiger partial charge >= 0.3 is 0 Å². The van der Waals surface area contributed by atoms with Crippen molar-refractivity contribution in [2.75, 3.05) is 33.9 Å². The highest BCUT2D eigenvalue weighted by Crippen LogP contribution is 2.31. The van der Waals surface area contributed by atoms with E-state index < -0.39 is 0 Å². The van der Waals surface area contributed by atoms with Crippen molar-refractivity contribution in [1.82, 2.24) is 10.2 Å². The Kier molecular flexibility index (Phi) is 5.85. The van der Waals surface area contributed by atoms with Crippen molar-refractivity contribution in [1.29, 1.82) is 0 Å². The highest BCUT2D eigenvalue weighted by atomic mass is 16.5. The van der Waals surface area contributed by atoms with Crippen molar-refractivity contribution < 1.29 is 9.53 Å². The highest BCUT2D eigenvalue weighted by Gasteiger charge is 2.33. The predicted molar refractivity (Wildman–Crippen MR) is 80.7 cm³/mol. The van der Waals surface area contributed by atoms with E-state index in [2.05, 4.69) is 5.32 Å². The average molecular weight is 282 g/mol. The van der Waals surface area contributed by atoms with Gasteiger partial charge < -0.3 is 15.0 Å². The van der Waals surface area contributed by atoms with Crippen LogP contribution in [-0.4, -0.2) is 50.2 Å². The second kappa shape index (κ2) is 7.41. The fourth-order valence-corrected chi connectivity index (χ4v) is 3.03. The molecule has 2 rings (SSSR count). The summed E-state index contributed by atoms with van der Waals surface area (Å²) >= 11 is 0. The minimum absolute atomic E-state index is 0.0401. The monoisotopic (exact) mass is 282 g/mol. The number of amides is 1. The molecule has 1 N–H and O–H groups in total. The van der Waals surface area contributed by atoms with Crippen molar-refractivity contribution in [3.63, 3.8) is 0 Å². The molecule has 2 fully saturated rings. The van der Waals surface area contributed by atoms with Gasteiger partial charge in [0.2, 0.25) is 5.91 Å². The van der Waals surface area contributed by atoms with E-state index in [0.29, 0.717) is 19.6 Å². The van der Waals surface area contributed by atoms with Crippen LogP contribution in [0.3, 0.4) is 0 Å². The number of nitrogens with one attached hydrogen (secondary N) is 1. The van der Waals surface area contributed by atoms with Crippen LogP contribution in [0.2, 0.25) is 0 Å². The van der Waals surface area contributed by atoms with Crippen LogP contribution in [0.1, 0.15) is 51.4 Å². The quantitative estimate of drug-likeness (QED) is 0.694. The maximum Gasteiger partial charge on any atom is 0.224 e. The van der Waals surface area contributed by atoms with Gasteiger partial charge in [0.15, 0.2) is 0 Å². The van der Waals surface area contributed by atoms with Crippen molar-refractivity contribution in [2.24, 2.45) is 5.92 Å². The molecular formula is C16H30N2O2. The molecule has 20 heavy (non-hydrogen) atoms. The zero-order valence-corrected chi connectivity index (χ0v) is 13.1. The maximum absolute atomic E-state index is 12.3. The molecule has 2 aliphatic carbocycles. The molecule has 0 radical (unpaired) electrons. The van der Waals surface area contributed by atoms with E-state index in [-0.39, 0.29) is 11.4 Å². The molecule has 1 amide bonds. The molecule has 116 valence electrons. The van der Waals surface area contributed by atoms with Gasteiger partial charge in [0.1, 0.15) is 0 Å². The lowest BCUT2D eigenvalue weighted by atomic mass is 9.79. The Morgan fingerprint density at radius 1 is 1.30 bits per heavy atom. The molecule has 0 aromatic carbocycles. The first-order chi connectivity index (χ1) is 9.65. The number of hydrogen-bond acceptors (Lipinski definition) is 3. The first-order valence-electron chi connectivity index (χ1n) is 8.16. The molecule has 0 aromatic rings. The van der Waals surface area contributed by atoms with Gasteiger partial charge in [-0.2, -0.15) is 0 Å².